The molecule has 47 heavy (non-hydrogen) atoms. The Bertz CT molecular complexity index is 2950. The van der Waals surface area contributed by atoms with Gasteiger partial charge in [0.05, 0.1) is 43.5 Å². The molecule has 0 saturated carbocycles. The minimum Gasteiger partial charge on any atom is -0.308 e. The van der Waals surface area contributed by atoms with Gasteiger partial charge in [-0.3, -0.25) is 0 Å². The van der Waals surface area contributed by atoms with Crippen LogP contribution in [0.25, 0.3) is 93.0 Å². The van der Waals surface area contributed by atoms with Crippen molar-refractivity contribution in [1.29, 1.82) is 0 Å². The van der Waals surface area contributed by atoms with Crippen LogP contribution < -0.4 is 0 Å². The van der Waals surface area contributed by atoms with Gasteiger partial charge in [0.25, 0.3) is 0 Å². The van der Waals surface area contributed by atoms with E-state index in [9.17, 15) is 0 Å². The highest BCUT2D eigenvalue weighted by atomic mass is 32.1. The van der Waals surface area contributed by atoms with Gasteiger partial charge in [-0.2, -0.15) is 0 Å². The van der Waals surface area contributed by atoms with Gasteiger partial charge in [0, 0.05) is 43.5 Å². The van der Waals surface area contributed by atoms with E-state index in [1.54, 1.807) is 11.3 Å². The summed E-state index contributed by atoms with van der Waals surface area (Å²) >= 11 is 1.72. The van der Waals surface area contributed by atoms with Gasteiger partial charge >= 0.3 is 0 Å². The van der Waals surface area contributed by atoms with Crippen LogP contribution in [0.1, 0.15) is 25.0 Å². The lowest BCUT2D eigenvalue weighted by Crippen LogP contribution is -2.14. The summed E-state index contributed by atoms with van der Waals surface area (Å²) in [5.41, 5.74) is 16.0. The van der Waals surface area contributed by atoms with Crippen molar-refractivity contribution in [1.82, 2.24) is 19.4 Å². The van der Waals surface area contributed by atoms with E-state index >= 15 is 0 Å². The van der Waals surface area contributed by atoms with Gasteiger partial charge in [0.1, 0.15) is 0 Å². The number of thiazole rings is 1. The van der Waals surface area contributed by atoms with E-state index in [0.717, 1.165) is 39.1 Å². The molecular weight excluding hydrogens is 593 g/mol. The Labute approximate surface area is 273 Å². The van der Waals surface area contributed by atoms with Crippen LogP contribution in [0.15, 0.2) is 121 Å². The van der Waals surface area contributed by atoms with Crippen LogP contribution in [0.4, 0.5) is 0 Å². The maximum atomic E-state index is 5.34. The molecule has 0 atom stereocenters. The molecule has 220 valence electrons. The zero-order chi connectivity index (χ0) is 31.0. The molecule has 4 aromatic heterocycles. The predicted molar refractivity (Wildman–Crippen MR) is 196 cm³/mol. The molecule has 0 N–H and O–H groups in total. The minimum absolute atomic E-state index is 0.0853. The van der Waals surface area contributed by atoms with Crippen LogP contribution in [0.3, 0.4) is 0 Å². The Kier molecular flexibility index (Phi) is 4.77. The predicted octanol–water partition coefficient (Wildman–Crippen LogP) is 11.0. The summed E-state index contributed by atoms with van der Waals surface area (Å²) in [4.78, 5) is 15.2. The highest BCUT2D eigenvalue weighted by Gasteiger charge is 2.35. The van der Waals surface area contributed by atoms with Crippen LogP contribution in [0.5, 0.6) is 0 Å². The smallest absolute Gasteiger partial charge is 0.160 e. The fraction of sp³-hybridized carbons (Fsp3) is 0.0714. The molecule has 0 saturated heterocycles. The molecule has 5 heteroatoms. The quantitative estimate of drug-likeness (QED) is 0.194. The maximum absolute atomic E-state index is 5.34. The number of nitrogens with zero attached hydrogens (tertiary/aromatic N) is 4. The topological polar surface area (TPSA) is 43.1 Å². The fourth-order valence-corrected chi connectivity index (χ4v) is 9.12. The van der Waals surface area contributed by atoms with Crippen LogP contribution in [-0.4, -0.2) is 19.4 Å². The Morgan fingerprint density at radius 3 is 2.30 bits per heavy atom. The summed E-state index contributed by atoms with van der Waals surface area (Å²) in [7, 11) is 0. The summed E-state index contributed by atoms with van der Waals surface area (Å²) in [6.45, 7) is 4.66. The largest absolute Gasteiger partial charge is 0.308 e. The van der Waals surface area contributed by atoms with Gasteiger partial charge in [-0.05, 0) is 64.7 Å². The molecule has 1 aliphatic carbocycles. The third-order valence-corrected chi connectivity index (χ3v) is 11.3. The number of aromatic nitrogens is 4. The molecule has 0 aliphatic heterocycles. The van der Waals surface area contributed by atoms with Crippen molar-refractivity contribution in [3.63, 3.8) is 0 Å². The zero-order valence-electron chi connectivity index (χ0n) is 25.7. The number of fused-ring (bicyclic) bond motifs is 12. The van der Waals surface area contributed by atoms with Gasteiger partial charge in [-0.1, -0.05) is 86.6 Å². The van der Waals surface area contributed by atoms with E-state index < -0.39 is 0 Å². The van der Waals surface area contributed by atoms with Gasteiger partial charge in [0.15, 0.2) is 5.82 Å². The van der Waals surface area contributed by atoms with Crippen molar-refractivity contribution in [3.05, 3.63) is 132 Å². The lowest BCUT2D eigenvalue weighted by atomic mass is 9.82. The third-order valence-electron chi connectivity index (χ3n) is 10.5. The molecule has 11 rings (SSSR count). The van der Waals surface area contributed by atoms with E-state index in [1.807, 2.05) is 5.51 Å². The Morgan fingerprint density at radius 2 is 1.36 bits per heavy atom. The van der Waals surface area contributed by atoms with E-state index in [4.69, 9.17) is 15.0 Å². The number of hydrogen-bond donors (Lipinski definition) is 0. The fourth-order valence-electron chi connectivity index (χ4n) is 8.29. The number of rotatable bonds is 2. The molecule has 10 aromatic rings. The molecule has 4 nitrogen and oxygen atoms in total. The van der Waals surface area contributed by atoms with Gasteiger partial charge in [-0.25, -0.2) is 15.0 Å². The molecule has 1 aliphatic rings. The highest BCUT2D eigenvalue weighted by Crippen LogP contribution is 2.50. The SMILES string of the molecule is CC1(C)c2ccccc2-c2ccc(-c3nc(-c4ccc5c(c4)c4cc6ncsc6c6c7ccccc7n5c46)nc4ccccc34)cc21. The molecule has 4 heterocycles. The summed E-state index contributed by atoms with van der Waals surface area (Å²) in [6, 6.07) is 41.7. The van der Waals surface area contributed by atoms with E-state index in [0.29, 0.717) is 0 Å². The normalized spacial score (nSPS) is 13.9. The molecule has 0 bridgehead atoms. The van der Waals surface area contributed by atoms with Crippen molar-refractivity contribution in [2.24, 2.45) is 0 Å². The van der Waals surface area contributed by atoms with Crippen LogP contribution >= 0.6 is 11.3 Å². The molecule has 0 unspecified atom stereocenters. The average Bonchev–Trinajstić information content (AvgIpc) is 3.85. The number of para-hydroxylation sites is 2. The summed E-state index contributed by atoms with van der Waals surface area (Å²) in [5.74, 6) is 0.733. The summed E-state index contributed by atoms with van der Waals surface area (Å²) in [6.07, 6.45) is 0. The van der Waals surface area contributed by atoms with Crippen LogP contribution in [0.2, 0.25) is 0 Å². The minimum atomic E-state index is -0.0853. The molecular formula is C42H26N4S. The van der Waals surface area contributed by atoms with Gasteiger partial charge in [0.2, 0.25) is 0 Å². The molecule has 6 aromatic carbocycles. The second-order valence-electron chi connectivity index (χ2n) is 13.3. The van der Waals surface area contributed by atoms with Crippen LogP contribution in [-0.2, 0) is 5.41 Å². The average molecular weight is 619 g/mol. The van der Waals surface area contributed by atoms with E-state index in [1.165, 1.54) is 65.0 Å². The summed E-state index contributed by atoms with van der Waals surface area (Å²) in [5, 5.41) is 6.03. The van der Waals surface area contributed by atoms with E-state index in [-0.39, 0.29) is 5.41 Å². The molecule has 0 fully saturated rings. The maximum Gasteiger partial charge on any atom is 0.160 e. The monoisotopic (exact) mass is 618 g/mol. The van der Waals surface area contributed by atoms with Gasteiger partial charge in [-0.15, -0.1) is 11.3 Å². The zero-order valence-corrected chi connectivity index (χ0v) is 26.6. The van der Waals surface area contributed by atoms with E-state index in [2.05, 4.69) is 134 Å². The first-order chi connectivity index (χ1) is 23.1. The molecule has 0 spiro atoms. The second-order valence-corrected chi connectivity index (χ2v) is 14.1. The first-order valence-electron chi connectivity index (χ1n) is 16.0. The Balaban J connectivity index is 1.15. The first kappa shape index (κ1) is 25.5. The Morgan fingerprint density at radius 1 is 0.596 bits per heavy atom. The molecule has 0 radical (unpaired) electrons. The van der Waals surface area contributed by atoms with Crippen molar-refractivity contribution in [2.75, 3.05) is 0 Å². The molecule has 0 amide bonds. The highest BCUT2D eigenvalue weighted by molar-refractivity contribution is 7.18. The standard InChI is InChI=1S/C42H26N4S/c1-42(2)31-12-6-3-9-25(31)26-17-15-23(20-32(26)42)38-27-10-4-7-13-33(27)44-41(45-38)24-16-18-36-29(19-24)30-21-34-40(47-22-43-34)37-28-11-5-8-14-35(28)46(36)39(30)37/h3-22H,1-2H3. The number of hydrogen-bond acceptors (Lipinski definition) is 4. The first-order valence-corrected chi connectivity index (χ1v) is 16.9. The third kappa shape index (κ3) is 3.24. The van der Waals surface area contributed by atoms with Crippen molar-refractivity contribution < 1.29 is 0 Å². The summed E-state index contributed by atoms with van der Waals surface area (Å²) < 4.78 is 3.67. The van der Waals surface area contributed by atoms with Gasteiger partial charge < -0.3 is 4.40 Å². The number of benzene rings is 6. The van der Waals surface area contributed by atoms with Crippen molar-refractivity contribution in [3.8, 4) is 33.8 Å². The second kappa shape index (κ2) is 8.78. The van der Waals surface area contributed by atoms with Crippen LogP contribution in [0, 0.1) is 0 Å². The van der Waals surface area contributed by atoms with Crippen molar-refractivity contribution in [2.45, 2.75) is 19.3 Å². The lowest BCUT2D eigenvalue weighted by molar-refractivity contribution is 0.660. The van der Waals surface area contributed by atoms with Crippen molar-refractivity contribution >= 4 is 70.6 Å². The lowest BCUT2D eigenvalue weighted by Gasteiger charge is -2.22. The Hall–Kier alpha value is -5.65.